The third-order valence-electron chi connectivity index (χ3n) is 4.86. The Hall–Kier alpha value is -2.26. The van der Waals surface area contributed by atoms with Gasteiger partial charge in [0, 0.05) is 19.5 Å². The zero-order valence-electron chi connectivity index (χ0n) is 16.7. The lowest BCUT2D eigenvalue weighted by atomic mass is 10.1. The molecule has 1 fully saturated rings. The fourth-order valence-corrected chi connectivity index (χ4v) is 3.61. The van der Waals surface area contributed by atoms with Crippen LogP contribution in [0.5, 0.6) is 11.5 Å². The van der Waals surface area contributed by atoms with Gasteiger partial charge in [0.05, 0.1) is 33.6 Å². The van der Waals surface area contributed by atoms with Gasteiger partial charge in [-0.2, -0.15) is 0 Å². The smallest absolute Gasteiger partial charge is 0.288 e. The molecular formula is C19H28N3O5S+. The maximum absolute atomic E-state index is 12.4. The molecule has 28 heavy (non-hydrogen) atoms. The van der Waals surface area contributed by atoms with E-state index in [1.54, 1.807) is 14.2 Å². The summed E-state index contributed by atoms with van der Waals surface area (Å²) in [6.45, 7) is 3.11. The lowest BCUT2D eigenvalue weighted by Gasteiger charge is -2.22. The summed E-state index contributed by atoms with van der Waals surface area (Å²) in [4.78, 5) is 37.7. The standard InChI is InChI=1S/C19H27N3O5S/c1-13(18(24)20-8-10-22-17(23)12-28-19(22)25)21(2)9-7-14-5-6-15(26-3)16(11-14)27-4/h5-6,11,13H,7-10,12H2,1-4H3,(H,20,24)/p+1/t13-/m1/s1. The third-order valence-corrected chi connectivity index (χ3v) is 5.72. The molecule has 0 spiro atoms. The largest absolute Gasteiger partial charge is 0.493 e. The number of benzene rings is 1. The van der Waals surface area contributed by atoms with E-state index in [1.165, 1.54) is 4.90 Å². The number of thioether (sulfide) groups is 1. The molecule has 1 aromatic rings. The highest BCUT2D eigenvalue weighted by molar-refractivity contribution is 8.14. The van der Waals surface area contributed by atoms with Crippen LogP contribution in [-0.4, -0.2) is 74.6 Å². The molecule has 3 amide bonds. The number of rotatable bonds is 10. The van der Waals surface area contributed by atoms with Crippen molar-refractivity contribution in [2.45, 2.75) is 19.4 Å². The van der Waals surface area contributed by atoms with E-state index < -0.39 is 0 Å². The number of imide groups is 1. The van der Waals surface area contributed by atoms with E-state index in [9.17, 15) is 14.4 Å². The molecule has 154 valence electrons. The minimum atomic E-state index is -0.250. The summed E-state index contributed by atoms with van der Waals surface area (Å²) >= 11 is 0.997. The Balaban J connectivity index is 1.78. The lowest BCUT2D eigenvalue weighted by Crippen LogP contribution is -3.14. The van der Waals surface area contributed by atoms with Crippen LogP contribution in [0.4, 0.5) is 4.79 Å². The van der Waals surface area contributed by atoms with E-state index in [-0.39, 0.29) is 41.9 Å². The van der Waals surface area contributed by atoms with Gasteiger partial charge in [0.1, 0.15) is 0 Å². The van der Waals surface area contributed by atoms with Gasteiger partial charge in [-0.1, -0.05) is 17.8 Å². The zero-order chi connectivity index (χ0) is 20.7. The van der Waals surface area contributed by atoms with Gasteiger partial charge in [-0.3, -0.25) is 19.3 Å². The molecule has 0 bridgehead atoms. The number of methoxy groups -OCH3 is 2. The average Bonchev–Trinajstić information content (AvgIpc) is 3.02. The number of amides is 3. The van der Waals surface area contributed by atoms with Crippen LogP contribution in [0, 0.1) is 0 Å². The van der Waals surface area contributed by atoms with Crippen molar-refractivity contribution in [2.24, 2.45) is 0 Å². The number of ether oxygens (including phenoxy) is 2. The molecule has 0 radical (unpaired) electrons. The first-order valence-corrected chi connectivity index (χ1v) is 10.1. The number of carbonyl (C=O) groups is 3. The molecule has 1 aliphatic heterocycles. The molecule has 0 saturated carbocycles. The van der Waals surface area contributed by atoms with Gasteiger partial charge in [-0.15, -0.1) is 0 Å². The summed E-state index contributed by atoms with van der Waals surface area (Å²) in [6, 6.07) is 5.55. The van der Waals surface area contributed by atoms with Crippen LogP contribution in [0.2, 0.25) is 0 Å². The van der Waals surface area contributed by atoms with Gasteiger partial charge in [-0.25, -0.2) is 0 Å². The minimum absolute atomic E-state index is 0.100. The predicted octanol–water partition coefficient (Wildman–Crippen LogP) is -0.0389. The lowest BCUT2D eigenvalue weighted by molar-refractivity contribution is -0.894. The fourth-order valence-electron chi connectivity index (χ4n) is 2.86. The molecular weight excluding hydrogens is 382 g/mol. The Morgan fingerprint density at radius 2 is 2.00 bits per heavy atom. The second-order valence-corrected chi connectivity index (χ2v) is 7.57. The van der Waals surface area contributed by atoms with Crippen molar-refractivity contribution in [1.29, 1.82) is 0 Å². The van der Waals surface area contributed by atoms with Crippen LogP contribution in [-0.2, 0) is 16.0 Å². The maximum Gasteiger partial charge on any atom is 0.288 e. The van der Waals surface area contributed by atoms with Crippen LogP contribution >= 0.6 is 11.8 Å². The number of hydrogen-bond acceptors (Lipinski definition) is 6. The summed E-state index contributed by atoms with van der Waals surface area (Å²) in [7, 11) is 5.17. The zero-order valence-corrected chi connectivity index (χ0v) is 17.6. The van der Waals surface area contributed by atoms with E-state index in [1.807, 2.05) is 32.2 Å². The molecule has 2 atom stereocenters. The second kappa shape index (κ2) is 10.3. The SMILES string of the molecule is COc1ccc(CC[NH+](C)[C@H](C)C(=O)NCCN2C(=O)CSC2=O)cc1OC. The Morgan fingerprint density at radius 1 is 1.29 bits per heavy atom. The van der Waals surface area contributed by atoms with Gasteiger partial charge in [0.2, 0.25) is 5.91 Å². The summed E-state index contributed by atoms with van der Waals surface area (Å²) in [6.07, 6.45) is 0.789. The van der Waals surface area contributed by atoms with Crippen LogP contribution in [0.25, 0.3) is 0 Å². The first-order valence-electron chi connectivity index (χ1n) is 9.15. The van der Waals surface area contributed by atoms with Gasteiger partial charge >= 0.3 is 0 Å². The van der Waals surface area contributed by atoms with E-state index in [2.05, 4.69) is 5.32 Å². The number of nitrogens with one attached hydrogen (secondary N) is 2. The highest BCUT2D eigenvalue weighted by Crippen LogP contribution is 2.27. The van der Waals surface area contributed by atoms with E-state index in [0.29, 0.717) is 11.5 Å². The third kappa shape index (κ3) is 5.62. The second-order valence-electron chi connectivity index (χ2n) is 6.65. The van der Waals surface area contributed by atoms with E-state index >= 15 is 0 Å². The average molecular weight is 411 g/mol. The highest BCUT2D eigenvalue weighted by Gasteiger charge is 2.29. The van der Waals surface area contributed by atoms with Crippen LogP contribution in [0.3, 0.4) is 0 Å². The summed E-state index contributed by atoms with van der Waals surface area (Å²) in [5.74, 6) is 1.26. The molecule has 1 aromatic carbocycles. The topological polar surface area (TPSA) is 89.4 Å². The molecule has 1 saturated heterocycles. The molecule has 0 aliphatic carbocycles. The molecule has 9 heteroatoms. The highest BCUT2D eigenvalue weighted by atomic mass is 32.2. The molecule has 1 aliphatic rings. The molecule has 2 N–H and O–H groups in total. The first-order chi connectivity index (χ1) is 13.4. The summed E-state index contributed by atoms with van der Waals surface area (Å²) in [5, 5.41) is 2.57. The van der Waals surface area contributed by atoms with Gasteiger partial charge in [0.25, 0.3) is 11.1 Å². The Labute approximate surface area is 169 Å². The Bertz CT molecular complexity index is 712. The molecule has 0 aromatic heterocycles. The van der Waals surface area contributed by atoms with Crippen molar-refractivity contribution in [3.8, 4) is 11.5 Å². The van der Waals surface area contributed by atoms with Crippen LogP contribution < -0.4 is 19.7 Å². The van der Waals surface area contributed by atoms with Crippen LogP contribution in [0.1, 0.15) is 12.5 Å². The van der Waals surface area contributed by atoms with E-state index in [0.717, 1.165) is 35.2 Å². The quantitative estimate of drug-likeness (QED) is 0.563. The van der Waals surface area contributed by atoms with Crippen molar-refractivity contribution >= 4 is 28.8 Å². The molecule has 1 unspecified atom stereocenters. The molecule has 2 rings (SSSR count). The van der Waals surface area contributed by atoms with Crippen molar-refractivity contribution in [1.82, 2.24) is 10.2 Å². The monoisotopic (exact) mass is 410 g/mol. The fraction of sp³-hybridized carbons (Fsp3) is 0.526. The number of quaternary nitrogens is 1. The number of hydrogen-bond donors (Lipinski definition) is 2. The van der Waals surface area contributed by atoms with Crippen LogP contribution in [0.15, 0.2) is 18.2 Å². The number of carbonyl (C=O) groups excluding carboxylic acids is 3. The van der Waals surface area contributed by atoms with Gasteiger partial charge < -0.3 is 19.7 Å². The van der Waals surface area contributed by atoms with Crippen molar-refractivity contribution in [2.75, 3.05) is 46.7 Å². The van der Waals surface area contributed by atoms with Crippen molar-refractivity contribution < 1.29 is 28.8 Å². The Kier molecular flexibility index (Phi) is 8.13. The van der Waals surface area contributed by atoms with Crippen molar-refractivity contribution in [3.63, 3.8) is 0 Å². The Morgan fingerprint density at radius 3 is 2.61 bits per heavy atom. The molecule has 8 nitrogen and oxygen atoms in total. The predicted molar refractivity (Wildman–Crippen MR) is 107 cm³/mol. The minimum Gasteiger partial charge on any atom is -0.493 e. The van der Waals surface area contributed by atoms with Gasteiger partial charge in [-0.05, 0) is 24.6 Å². The first kappa shape index (κ1) is 22.0. The number of nitrogens with zero attached hydrogens (tertiary/aromatic N) is 1. The van der Waals surface area contributed by atoms with Gasteiger partial charge in [0.15, 0.2) is 17.5 Å². The maximum atomic E-state index is 12.4. The van der Waals surface area contributed by atoms with E-state index in [4.69, 9.17) is 9.47 Å². The summed E-state index contributed by atoms with van der Waals surface area (Å²) in [5.41, 5.74) is 1.10. The summed E-state index contributed by atoms with van der Waals surface area (Å²) < 4.78 is 10.6. The molecule has 1 heterocycles. The van der Waals surface area contributed by atoms with Crippen molar-refractivity contribution in [3.05, 3.63) is 23.8 Å². The normalized spacial score (nSPS) is 16.1. The number of likely N-dealkylation sites (N-methyl/N-ethyl adjacent to an activating group) is 1.